The summed E-state index contributed by atoms with van der Waals surface area (Å²) in [5.74, 6) is -0.0317. The number of alkyl halides is 3. The lowest BCUT2D eigenvalue weighted by atomic mass is 9.92. The summed E-state index contributed by atoms with van der Waals surface area (Å²) in [5.41, 5.74) is -1.42. The normalized spacial score (nSPS) is 26.0. The molecule has 14 heteroatoms. The summed E-state index contributed by atoms with van der Waals surface area (Å²) in [6.45, 7) is 0.857. The third-order valence-electron chi connectivity index (χ3n) is 5.25. The number of rotatable bonds is 4. The molecule has 1 saturated heterocycles. The highest BCUT2D eigenvalue weighted by Crippen LogP contribution is 2.40. The van der Waals surface area contributed by atoms with Gasteiger partial charge in [0, 0.05) is 11.2 Å². The quantitative estimate of drug-likeness (QED) is 0.395. The Morgan fingerprint density at radius 3 is 2.58 bits per heavy atom. The molecule has 0 saturated carbocycles. The van der Waals surface area contributed by atoms with E-state index in [1.54, 1.807) is 6.20 Å². The molecule has 1 aliphatic heterocycles. The maximum atomic E-state index is 13.7. The monoisotopic (exact) mass is 599 g/mol. The molecule has 33 heavy (non-hydrogen) atoms. The molecule has 0 bridgehead atoms. The lowest BCUT2D eigenvalue weighted by Gasteiger charge is -2.41. The van der Waals surface area contributed by atoms with Gasteiger partial charge >= 0.3 is 6.18 Å². The van der Waals surface area contributed by atoms with Crippen molar-refractivity contribution in [1.29, 1.82) is 0 Å². The summed E-state index contributed by atoms with van der Waals surface area (Å²) in [6.07, 6.45) is -7.01. The Bertz CT molecular complexity index is 1160. The van der Waals surface area contributed by atoms with Gasteiger partial charge in [0.05, 0.1) is 27.6 Å². The summed E-state index contributed by atoms with van der Waals surface area (Å²) < 4.78 is 49.8. The van der Waals surface area contributed by atoms with Crippen molar-refractivity contribution in [3.63, 3.8) is 0 Å². The summed E-state index contributed by atoms with van der Waals surface area (Å²) in [6, 6.07) is 1.95. The van der Waals surface area contributed by atoms with Crippen LogP contribution in [0.15, 0.2) is 30.6 Å². The third kappa shape index (κ3) is 4.61. The van der Waals surface area contributed by atoms with Crippen LogP contribution in [-0.4, -0.2) is 64.8 Å². The highest BCUT2D eigenvalue weighted by Gasteiger charge is 2.48. The van der Waals surface area contributed by atoms with Gasteiger partial charge in [-0.15, -0.1) is 0 Å². The SMILES string of the molecule is Cc1nc([C@@H]2O[C@H](CO)[C@H](O)[C@H](n3cc(I)cn3)[C@H]2O)n(-c2cc(Cl)ccc2C(F)(F)F)n1. The fourth-order valence-corrected chi connectivity index (χ4v) is 4.39. The molecule has 0 radical (unpaired) electrons. The fourth-order valence-electron chi connectivity index (χ4n) is 3.82. The highest BCUT2D eigenvalue weighted by atomic mass is 127. The van der Waals surface area contributed by atoms with Crippen LogP contribution in [0.1, 0.15) is 29.4 Å². The molecule has 2 aromatic heterocycles. The van der Waals surface area contributed by atoms with Crippen LogP contribution >= 0.6 is 34.2 Å². The van der Waals surface area contributed by atoms with Crippen LogP contribution in [0.2, 0.25) is 5.02 Å². The van der Waals surface area contributed by atoms with Crippen molar-refractivity contribution in [2.45, 2.75) is 43.6 Å². The Morgan fingerprint density at radius 1 is 1.24 bits per heavy atom. The largest absolute Gasteiger partial charge is 0.418 e. The van der Waals surface area contributed by atoms with Gasteiger partial charge in [-0.25, -0.2) is 9.67 Å². The van der Waals surface area contributed by atoms with Crippen LogP contribution in [-0.2, 0) is 10.9 Å². The Morgan fingerprint density at radius 2 is 1.97 bits per heavy atom. The van der Waals surface area contributed by atoms with Crippen LogP contribution in [0.4, 0.5) is 13.2 Å². The molecule has 4 rings (SSSR count). The van der Waals surface area contributed by atoms with E-state index >= 15 is 0 Å². The molecule has 0 aliphatic carbocycles. The van der Waals surface area contributed by atoms with Crippen molar-refractivity contribution < 1.29 is 33.2 Å². The molecule has 1 fully saturated rings. The van der Waals surface area contributed by atoms with E-state index in [2.05, 4.69) is 15.2 Å². The van der Waals surface area contributed by atoms with Gasteiger partial charge in [-0.05, 0) is 47.7 Å². The minimum Gasteiger partial charge on any atom is -0.394 e. The van der Waals surface area contributed by atoms with Crippen molar-refractivity contribution in [1.82, 2.24) is 24.5 Å². The number of aliphatic hydroxyl groups excluding tert-OH is 3. The minimum absolute atomic E-state index is 0.0369. The number of hydrogen-bond acceptors (Lipinski definition) is 7. The average Bonchev–Trinajstić information content (AvgIpc) is 3.33. The second-order valence-corrected chi connectivity index (χ2v) is 9.16. The van der Waals surface area contributed by atoms with Crippen LogP contribution in [0.25, 0.3) is 5.69 Å². The zero-order valence-corrected chi connectivity index (χ0v) is 19.8. The predicted octanol–water partition coefficient (Wildman–Crippen LogP) is 2.44. The van der Waals surface area contributed by atoms with E-state index < -0.39 is 54.5 Å². The summed E-state index contributed by atoms with van der Waals surface area (Å²) in [5, 5.41) is 39.8. The van der Waals surface area contributed by atoms with E-state index in [0.29, 0.717) is 0 Å². The van der Waals surface area contributed by atoms with Crippen LogP contribution < -0.4 is 0 Å². The lowest BCUT2D eigenvalue weighted by Crippen LogP contribution is -2.53. The van der Waals surface area contributed by atoms with Gasteiger partial charge in [0.15, 0.2) is 5.82 Å². The van der Waals surface area contributed by atoms with Crippen molar-refractivity contribution in [2.75, 3.05) is 6.61 Å². The number of aryl methyl sites for hydroxylation is 1. The van der Waals surface area contributed by atoms with Crippen molar-refractivity contribution in [3.8, 4) is 5.69 Å². The van der Waals surface area contributed by atoms with E-state index in [1.807, 2.05) is 22.6 Å². The van der Waals surface area contributed by atoms with Gasteiger partial charge in [0.2, 0.25) is 0 Å². The smallest absolute Gasteiger partial charge is 0.394 e. The molecular formula is C19H18ClF3IN5O4. The molecule has 3 aromatic rings. The van der Waals surface area contributed by atoms with E-state index in [0.717, 1.165) is 26.5 Å². The summed E-state index contributed by atoms with van der Waals surface area (Å²) >= 11 is 7.97. The summed E-state index contributed by atoms with van der Waals surface area (Å²) in [7, 11) is 0. The van der Waals surface area contributed by atoms with Crippen LogP contribution in [0.5, 0.6) is 0 Å². The topological polar surface area (TPSA) is 118 Å². The first-order valence-electron chi connectivity index (χ1n) is 9.64. The second-order valence-electron chi connectivity index (χ2n) is 7.48. The molecule has 3 heterocycles. The second kappa shape index (κ2) is 9.11. The maximum absolute atomic E-state index is 13.7. The first-order chi connectivity index (χ1) is 15.5. The summed E-state index contributed by atoms with van der Waals surface area (Å²) in [4.78, 5) is 4.20. The van der Waals surface area contributed by atoms with E-state index in [9.17, 15) is 28.5 Å². The molecule has 0 amide bonds. The molecule has 0 unspecified atom stereocenters. The zero-order chi connectivity index (χ0) is 24.1. The number of aromatic nitrogens is 5. The Kier molecular flexibility index (Phi) is 6.72. The first-order valence-corrected chi connectivity index (χ1v) is 11.1. The Hall–Kier alpha value is -1.78. The van der Waals surface area contributed by atoms with Gasteiger partial charge in [0.1, 0.15) is 36.3 Å². The molecule has 5 atom stereocenters. The van der Waals surface area contributed by atoms with Crippen LogP contribution in [0, 0.1) is 10.5 Å². The van der Waals surface area contributed by atoms with Crippen LogP contribution in [0.3, 0.4) is 0 Å². The molecular weight excluding hydrogens is 582 g/mol. The van der Waals surface area contributed by atoms with Crippen molar-refractivity contribution in [2.24, 2.45) is 0 Å². The predicted molar refractivity (Wildman–Crippen MR) is 117 cm³/mol. The molecule has 1 aromatic carbocycles. The van der Waals surface area contributed by atoms with Crippen molar-refractivity contribution in [3.05, 3.63) is 56.4 Å². The molecule has 0 spiro atoms. The number of nitrogens with zero attached hydrogens (tertiary/aromatic N) is 5. The Labute approximate surface area is 203 Å². The molecule has 9 nitrogen and oxygen atoms in total. The molecule has 178 valence electrons. The van der Waals surface area contributed by atoms with Gasteiger partial charge in [0.25, 0.3) is 0 Å². The first kappa shape index (κ1) is 24.3. The zero-order valence-electron chi connectivity index (χ0n) is 16.9. The molecule has 1 aliphatic rings. The maximum Gasteiger partial charge on any atom is 0.418 e. The third-order valence-corrected chi connectivity index (χ3v) is 6.05. The average molecular weight is 600 g/mol. The van der Waals surface area contributed by atoms with E-state index in [1.165, 1.54) is 17.8 Å². The van der Waals surface area contributed by atoms with Crippen molar-refractivity contribution >= 4 is 34.2 Å². The molecule has 3 N–H and O–H groups in total. The van der Waals surface area contributed by atoms with Gasteiger partial charge in [-0.3, -0.25) is 4.68 Å². The standard InChI is InChI=1S/C19H18ClF3IN5O4/c1-8-26-18(29(27-8)12-4-9(20)2-3-11(12)19(21,22)23)17-16(32)14(15(31)13(7-30)33-17)28-6-10(24)5-25-28/h2-6,13-17,30-32H,7H2,1H3/t13-,14+,15+,16-,17-/m1/s1. The number of ether oxygens (including phenoxy) is 1. The number of benzene rings is 1. The van der Waals surface area contributed by atoms with E-state index in [4.69, 9.17) is 16.3 Å². The lowest BCUT2D eigenvalue weighted by molar-refractivity contribution is -0.210. The highest BCUT2D eigenvalue weighted by molar-refractivity contribution is 14.1. The van der Waals surface area contributed by atoms with Gasteiger partial charge in [-0.2, -0.15) is 23.4 Å². The van der Waals surface area contributed by atoms with E-state index in [-0.39, 0.29) is 16.7 Å². The number of hydrogen-bond donors (Lipinski definition) is 3. The van der Waals surface area contributed by atoms with Gasteiger partial charge < -0.3 is 20.1 Å². The number of halogens is 5. The van der Waals surface area contributed by atoms with Gasteiger partial charge in [-0.1, -0.05) is 11.6 Å². The Balaban J connectivity index is 1.85. The number of aliphatic hydroxyl groups is 3. The minimum atomic E-state index is -4.72. The fraction of sp³-hybridized carbons (Fsp3) is 0.421.